The molecule has 12 heavy (non-hydrogen) atoms. The lowest BCUT2D eigenvalue weighted by Gasteiger charge is -2.06. The summed E-state index contributed by atoms with van der Waals surface area (Å²) in [6.07, 6.45) is -0.664. The normalized spacial score (nSPS) is 12.2. The van der Waals surface area contributed by atoms with Crippen molar-refractivity contribution in [1.29, 1.82) is 0 Å². The van der Waals surface area contributed by atoms with Crippen LogP contribution < -0.4 is 5.32 Å². The zero-order valence-electron chi connectivity index (χ0n) is 7.16. The van der Waals surface area contributed by atoms with Crippen LogP contribution in [0.4, 0.5) is 0 Å². The van der Waals surface area contributed by atoms with Crippen LogP contribution in [0.5, 0.6) is 0 Å². The Morgan fingerprint density at radius 2 is 2.17 bits per heavy atom. The van der Waals surface area contributed by atoms with Crippen LogP contribution in [0.25, 0.3) is 0 Å². The van der Waals surface area contributed by atoms with E-state index in [-0.39, 0.29) is 18.9 Å². The van der Waals surface area contributed by atoms with Gasteiger partial charge in [0.05, 0.1) is 6.61 Å². The van der Waals surface area contributed by atoms with Crippen LogP contribution in [-0.2, 0) is 14.3 Å². The summed E-state index contributed by atoms with van der Waals surface area (Å²) in [6.45, 7) is 1.55. The monoisotopic (exact) mass is 175 g/mol. The Morgan fingerprint density at radius 1 is 1.58 bits per heavy atom. The standard InChI is InChI=1S/C7H13NO4/c1-5(7(10)11)12-4-3-6(9)8-2/h5H,3-4H2,1-2H3,(H,8,9)(H,10,11). The molecule has 0 saturated heterocycles. The Kier molecular flexibility index (Phi) is 5.03. The molecule has 0 heterocycles. The molecule has 0 saturated carbocycles. The maximum atomic E-state index is 10.6. The molecular formula is C7H13NO4. The summed E-state index contributed by atoms with van der Waals surface area (Å²) in [5.74, 6) is -1.18. The predicted molar refractivity (Wildman–Crippen MR) is 41.7 cm³/mol. The van der Waals surface area contributed by atoms with Gasteiger partial charge in [-0.05, 0) is 6.92 Å². The van der Waals surface area contributed by atoms with E-state index in [1.165, 1.54) is 14.0 Å². The first kappa shape index (κ1) is 10.9. The zero-order chi connectivity index (χ0) is 9.56. The van der Waals surface area contributed by atoms with E-state index in [4.69, 9.17) is 9.84 Å². The van der Waals surface area contributed by atoms with E-state index in [0.29, 0.717) is 0 Å². The highest BCUT2D eigenvalue weighted by Gasteiger charge is 2.10. The van der Waals surface area contributed by atoms with Crippen molar-refractivity contribution >= 4 is 11.9 Å². The molecule has 0 spiro atoms. The summed E-state index contributed by atoms with van der Waals surface area (Å²) in [5.41, 5.74) is 0. The van der Waals surface area contributed by atoms with E-state index in [1.54, 1.807) is 0 Å². The first-order valence-electron chi connectivity index (χ1n) is 3.63. The molecule has 0 aliphatic carbocycles. The third kappa shape index (κ3) is 4.68. The molecule has 0 aromatic heterocycles. The molecule has 1 amide bonds. The molecule has 70 valence electrons. The lowest BCUT2D eigenvalue weighted by Crippen LogP contribution is -2.24. The van der Waals surface area contributed by atoms with Gasteiger partial charge in [0.15, 0.2) is 6.10 Å². The molecule has 0 aromatic rings. The van der Waals surface area contributed by atoms with Gasteiger partial charge in [0.25, 0.3) is 0 Å². The number of aliphatic carboxylic acids is 1. The van der Waals surface area contributed by atoms with Crippen molar-refractivity contribution in [3.8, 4) is 0 Å². The third-order valence-corrected chi connectivity index (χ3v) is 1.32. The maximum absolute atomic E-state index is 10.6. The summed E-state index contributed by atoms with van der Waals surface area (Å²) in [5, 5.41) is 10.8. The van der Waals surface area contributed by atoms with E-state index >= 15 is 0 Å². The average molecular weight is 175 g/mol. The van der Waals surface area contributed by atoms with Gasteiger partial charge in [-0.15, -0.1) is 0 Å². The Morgan fingerprint density at radius 3 is 2.58 bits per heavy atom. The third-order valence-electron chi connectivity index (χ3n) is 1.32. The van der Waals surface area contributed by atoms with E-state index < -0.39 is 12.1 Å². The molecule has 0 aliphatic rings. The Balaban J connectivity index is 3.43. The van der Waals surface area contributed by atoms with Crippen LogP contribution in [0.2, 0.25) is 0 Å². The van der Waals surface area contributed by atoms with Crippen molar-refractivity contribution in [3.05, 3.63) is 0 Å². The number of carboxylic acid groups (broad SMARTS) is 1. The Labute approximate surface area is 70.7 Å². The first-order valence-corrected chi connectivity index (χ1v) is 3.63. The molecule has 1 atom stereocenters. The number of rotatable bonds is 5. The number of hydrogen-bond acceptors (Lipinski definition) is 3. The van der Waals surface area contributed by atoms with Crippen LogP contribution in [0.3, 0.4) is 0 Å². The van der Waals surface area contributed by atoms with E-state index in [0.717, 1.165) is 0 Å². The van der Waals surface area contributed by atoms with Crippen molar-refractivity contribution in [3.63, 3.8) is 0 Å². The van der Waals surface area contributed by atoms with Crippen molar-refractivity contribution in [2.45, 2.75) is 19.4 Å². The van der Waals surface area contributed by atoms with Crippen molar-refractivity contribution in [2.24, 2.45) is 0 Å². The number of nitrogens with one attached hydrogen (secondary N) is 1. The minimum Gasteiger partial charge on any atom is -0.479 e. The van der Waals surface area contributed by atoms with Crippen LogP contribution in [0.1, 0.15) is 13.3 Å². The highest BCUT2D eigenvalue weighted by molar-refractivity contribution is 5.75. The van der Waals surface area contributed by atoms with E-state index in [2.05, 4.69) is 5.32 Å². The maximum Gasteiger partial charge on any atom is 0.332 e. The smallest absolute Gasteiger partial charge is 0.332 e. The molecule has 0 fully saturated rings. The zero-order valence-corrected chi connectivity index (χ0v) is 7.16. The highest BCUT2D eigenvalue weighted by Crippen LogP contribution is 1.92. The summed E-state index contributed by atoms with van der Waals surface area (Å²) < 4.78 is 4.82. The summed E-state index contributed by atoms with van der Waals surface area (Å²) in [4.78, 5) is 20.8. The number of amides is 1. The fourth-order valence-corrected chi connectivity index (χ4v) is 0.525. The minimum absolute atomic E-state index is 0.132. The molecule has 5 nitrogen and oxygen atoms in total. The quantitative estimate of drug-likeness (QED) is 0.596. The van der Waals surface area contributed by atoms with Gasteiger partial charge in [-0.2, -0.15) is 0 Å². The summed E-state index contributed by atoms with van der Waals surface area (Å²) >= 11 is 0. The highest BCUT2D eigenvalue weighted by atomic mass is 16.5. The van der Waals surface area contributed by atoms with Gasteiger partial charge in [0.2, 0.25) is 5.91 Å². The molecule has 0 aliphatic heterocycles. The largest absolute Gasteiger partial charge is 0.479 e. The Bertz CT molecular complexity index is 169. The van der Waals surface area contributed by atoms with Crippen molar-refractivity contribution in [2.75, 3.05) is 13.7 Å². The molecule has 0 aromatic carbocycles. The van der Waals surface area contributed by atoms with Crippen molar-refractivity contribution in [1.82, 2.24) is 5.32 Å². The van der Waals surface area contributed by atoms with Gasteiger partial charge in [-0.1, -0.05) is 0 Å². The number of carbonyl (C=O) groups excluding carboxylic acids is 1. The second kappa shape index (κ2) is 5.54. The second-order valence-electron chi connectivity index (χ2n) is 2.27. The van der Waals surface area contributed by atoms with Gasteiger partial charge >= 0.3 is 5.97 Å². The molecule has 0 radical (unpaired) electrons. The average Bonchev–Trinajstić information content (AvgIpc) is 2.03. The van der Waals surface area contributed by atoms with Crippen LogP contribution in [0.15, 0.2) is 0 Å². The molecule has 2 N–H and O–H groups in total. The van der Waals surface area contributed by atoms with Gasteiger partial charge < -0.3 is 15.2 Å². The molecule has 0 bridgehead atoms. The molecule has 1 unspecified atom stereocenters. The van der Waals surface area contributed by atoms with Gasteiger partial charge in [0.1, 0.15) is 0 Å². The Hall–Kier alpha value is -1.10. The molecule has 0 rings (SSSR count). The van der Waals surface area contributed by atoms with Crippen LogP contribution >= 0.6 is 0 Å². The lowest BCUT2D eigenvalue weighted by molar-refractivity contribution is -0.149. The van der Waals surface area contributed by atoms with E-state index in [1.807, 2.05) is 0 Å². The molecule has 5 heteroatoms. The SMILES string of the molecule is CNC(=O)CCOC(C)C(=O)O. The topological polar surface area (TPSA) is 75.6 Å². The number of hydrogen-bond donors (Lipinski definition) is 2. The van der Waals surface area contributed by atoms with Crippen LogP contribution in [0, 0.1) is 0 Å². The summed E-state index contributed by atoms with van der Waals surface area (Å²) in [6, 6.07) is 0. The fraction of sp³-hybridized carbons (Fsp3) is 0.714. The van der Waals surface area contributed by atoms with Gasteiger partial charge in [0, 0.05) is 13.5 Å². The second-order valence-corrected chi connectivity index (χ2v) is 2.27. The van der Waals surface area contributed by atoms with Gasteiger partial charge in [-0.25, -0.2) is 4.79 Å². The lowest BCUT2D eigenvalue weighted by atomic mass is 10.4. The number of ether oxygens (including phenoxy) is 1. The number of carboxylic acids is 1. The summed E-state index contributed by atoms with van der Waals surface area (Å²) in [7, 11) is 1.52. The van der Waals surface area contributed by atoms with Gasteiger partial charge in [-0.3, -0.25) is 4.79 Å². The minimum atomic E-state index is -1.02. The fourth-order valence-electron chi connectivity index (χ4n) is 0.525. The van der Waals surface area contributed by atoms with Crippen LogP contribution in [-0.4, -0.2) is 36.7 Å². The first-order chi connectivity index (χ1) is 5.57. The number of carbonyl (C=O) groups is 2. The van der Waals surface area contributed by atoms with Crippen molar-refractivity contribution < 1.29 is 19.4 Å². The van der Waals surface area contributed by atoms with E-state index in [9.17, 15) is 9.59 Å². The predicted octanol–water partition coefficient (Wildman–Crippen LogP) is -0.388. The molecular weight excluding hydrogens is 162 g/mol.